The maximum atomic E-state index is 12.5. The first kappa shape index (κ1) is 21.5. The summed E-state index contributed by atoms with van der Waals surface area (Å²) in [4.78, 5) is 12.5. The fraction of sp³-hybridized carbons (Fsp3) is 0.316. The fourth-order valence-electron chi connectivity index (χ4n) is 2.53. The van der Waals surface area contributed by atoms with Gasteiger partial charge in [0.1, 0.15) is 12.3 Å². The Bertz CT molecular complexity index is 868. The molecule has 1 atom stereocenters. The number of anilines is 1. The Balaban J connectivity index is 2.07. The first-order valence-corrected chi connectivity index (χ1v) is 11.4. The number of benzene rings is 2. The number of carbonyl (C=O) groups is 1. The highest BCUT2D eigenvalue weighted by Gasteiger charge is 2.21. The van der Waals surface area contributed by atoms with Crippen LogP contribution in [0.25, 0.3) is 0 Å². The molecule has 0 saturated carbocycles. The molecule has 6 nitrogen and oxygen atoms in total. The van der Waals surface area contributed by atoms with E-state index in [1.54, 1.807) is 24.3 Å². The lowest BCUT2D eigenvalue weighted by Gasteiger charge is -2.23. The van der Waals surface area contributed by atoms with Gasteiger partial charge < -0.3 is 10.1 Å². The van der Waals surface area contributed by atoms with Gasteiger partial charge >= 0.3 is 0 Å². The lowest BCUT2D eigenvalue weighted by atomic mass is 10.1. The molecule has 2 aromatic carbocycles. The molecule has 0 aromatic heterocycles. The molecule has 2 rings (SSSR count). The second-order valence-corrected chi connectivity index (χ2v) is 9.19. The fourth-order valence-corrected chi connectivity index (χ4v) is 3.74. The van der Waals surface area contributed by atoms with E-state index >= 15 is 0 Å². The molecule has 0 aliphatic carbocycles. The summed E-state index contributed by atoms with van der Waals surface area (Å²) in [5.41, 5.74) is 1.37. The molecule has 0 aliphatic rings. The molecular formula is C19H23IN2O4S. The number of nitrogens with zero attached hydrogens (tertiary/aromatic N) is 1. The van der Waals surface area contributed by atoms with Gasteiger partial charge in [0.15, 0.2) is 0 Å². The monoisotopic (exact) mass is 502 g/mol. The number of rotatable bonds is 8. The van der Waals surface area contributed by atoms with Gasteiger partial charge in [-0.15, -0.1) is 0 Å². The van der Waals surface area contributed by atoms with Crippen molar-refractivity contribution in [1.82, 2.24) is 5.32 Å². The molecule has 1 amide bonds. The quantitative estimate of drug-likeness (QED) is 0.562. The molecule has 1 N–H and O–H groups in total. The van der Waals surface area contributed by atoms with E-state index in [1.807, 2.05) is 38.1 Å². The van der Waals surface area contributed by atoms with Gasteiger partial charge in [0.05, 0.1) is 24.6 Å². The number of carbonyl (C=O) groups excluding carboxylic acids is 1. The summed E-state index contributed by atoms with van der Waals surface area (Å²) >= 11 is 2.14. The van der Waals surface area contributed by atoms with Crippen molar-refractivity contribution >= 4 is 44.2 Å². The van der Waals surface area contributed by atoms with Crippen molar-refractivity contribution in [1.29, 1.82) is 0 Å². The van der Waals surface area contributed by atoms with E-state index in [2.05, 4.69) is 27.9 Å². The Morgan fingerprint density at radius 2 is 1.74 bits per heavy atom. The summed E-state index contributed by atoms with van der Waals surface area (Å²) in [5, 5.41) is 2.84. The second kappa shape index (κ2) is 9.41. The van der Waals surface area contributed by atoms with E-state index in [0.717, 1.165) is 25.4 Å². The standard InChI is InChI=1S/C19H23IN2O4S/c1-4-26-18-11-5-15(6-12-18)14(2)21-19(23)13-22(27(3,24)25)17-9-7-16(20)8-10-17/h5-12,14H,4,13H2,1-3H3,(H,21,23). The van der Waals surface area contributed by atoms with E-state index in [4.69, 9.17) is 4.74 Å². The van der Waals surface area contributed by atoms with Gasteiger partial charge in [0, 0.05) is 3.57 Å². The Morgan fingerprint density at radius 3 is 2.26 bits per heavy atom. The average molecular weight is 502 g/mol. The van der Waals surface area contributed by atoms with Crippen molar-refractivity contribution in [3.8, 4) is 5.75 Å². The second-order valence-electron chi connectivity index (χ2n) is 6.04. The first-order valence-electron chi connectivity index (χ1n) is 8.46. The number of hydrogen-bond acceptors (Lipinski definition) is 4. The van der Waals surface area contributed by atoms with Crippen LogP contribution in [0.2, 0.25) is 0 Å². The largest absolute Gasteiger partial charge is 0.494 e. The van der Waals surface area contributed by atoms with Crippen LogP contribution in [0, 0.1) is 3.57 Å². The van der Waals surface area contributed by atoms with Crippen LogP contribution in [0.3, 0.4) is 0 Å². The van der Waals surface area contributed by atoms with Crippen molar-refractivity contribution in [2.75, 3.05) is 23.7 Å². The molecule has 27 heavy (non-hydrogen) atoms. The summed E-state index contributed by atoms with van der Waals surface area (Å²) in [6.45, 7) is 4.08. The van der Waals surface area contributed by atoms with Crippen LogP contribution in [0.5, 0.6) is 5.75 Å². The predicted octanol–water partition coefficient (Wildman–Crippen LogP) is 3.33. The minimum atomic E-state index is -3.58. The molecule has 1 unspecified atom stereocenters. The molecule has 0 bridgehead atoms. The Kier molecular flexibility index (Phi) is 7.49. The first-order chi connectivity index (χ1) is 12.7. The summed E-state index contributed by atoms with van der Waals surface area (Å²) in [5.74, 6) is 0.391. The number of halogens is 1. The lowest BCUT2D eigenvalue weighted by molar-refractivity contribution is -0.120. The van der Waals surface area contributed by atoms with Crippen molar-refractivity contribution < 1.29 is 17.9 Å². The molecule has 0 spiro atoms. The number of amides is 1. The van der Waals surface area contributed by atoms with E-state index in [1.165, 1.54) is 0 Å². The van der Waals surface area contributed by atoms with Crippen LogP contribution in [0.1, 0.15) is 25.5 Å². The van der Waals surface area contributed by atoms with Crippen molar-refractivity contribution in [3.05, 3.63) is 57.7 Å². The third kappa shape index (κ3) is 6.39. The van der Waals surface area contributed by atoms with Gasteiger partial charge in [0.25, 0.3) is 0 Å². The number of sulfonamides is 1. The minimum Gasteiger partial charge on any atom is -0.494 e. The van der Waals surface area contributed by atoms with Crippen LogP contribution in [-0.4, -0.2) is 33.7 Å². The van der Waals surface area contributed by atoms with Crippen molar-refractivity contribution in [2.45, 2.75) is 19.9 Å². The minimum absolute atomic E-state index is 0.258. The van der Waals surface area contributed by atoms with Gasteiger partial charge in [0.2, 0.25) is 15.9 Å². The molecule has 8 heteroatoms. The summed E-state index contributed by atoms with van der Waals surface area (Å²) in [6, 6.07) is 14.2. The Morgan fingerprint density at radius 1 is 1.15 bits per heavy atom. The van der Waals surface area contributed by atoms with Gasteiger partial charge in [-0.25, -0.2) is 8.42 Å². The lowest BCUT2D eigenvalue weighted by Crippen LogP contribution is -2.41. The van der Waals surface area contributed by atoms with Crippen LogP contribution >= 0.6 is 22.6 Å². The van der Waals surface area contributed by atoms with Crippen molar-refractivity contribution in [3.63, 3.8) is 0 Å². The van der Waals surface area contributed by atoms with E-state index in [-0.39, 0.29) is 18.5 Å². The van der Waals surface area contributed by atoms with Gasteiger partial charge in [-0.05, 0) is 78.4 Å². The number of nitrogens with one attached hydrogen (secondary N) is 1. The topological polar surface area (TPSA) is 75.7 Å². The highest BCUT2D eigenvalue weighted by Crippen LogP contribution is 2.20. The van der Waals surface area contributed by atoms with Crippen LogP contribution < -0.4 is 14.4 Å². The molecule has 0 aliphatic heterocycles. The normalized spacial score (nSPS) is 12.3. The van der Waals surface area contributed by atoms with Gasteiger partial charge in [-0.2, -0.15) is 0 Å². The molecule has 0 saturated heterocycles. The summed E-state index contributed by atoms with van der Waals surface area (Å²) in [6.07, 6.45) is 1.09. The van der Waals surface area contributed by atoms with Crippen LogP contribution in [0.15, 0.2) is 48.5 Å². The highest BCUT2D eigenvalue weighted by molar-refractivity contribution is 14.1. The van der Waals surface area contributed by atoms with Gasteiger partial charge in [-0.3, -0.25) is 9.10 Å². The SMILES string of the molecule is CCOc1ccc(C(C)NC(=O)CN(c2ccc(I)cc2)S(C)(=O)=O)cc1. The maximum absolute atomic E-state index is 12.5. The Labute approximate surface area is 174 Å². The predicted molar refractivity (Wildman–Crippen MR) is 116 cm³/mol. The van der Waals surface area contributed by atoms with Gasteiger partial charge in [-0.1, -0.05) is 12.1 Å². The number of hydrogen-bond donors (Lipinski definition) is 1. The van der Waals surface area contributed by atoms with Crippen LogP contribution in [0.4, 0.5) is 5.69 Å². The third-order valence-electron chi connectivity index (χ3n) is 3.87. The molecule has 0 radical (unpaired) electrons. The zero-order valence-corrected chi connectivity index (χ0v) is 18.5. The third-order valence-corrected chi connectivity index (χ3v) is 5.73. The zero-order valence-electron chi connectivity index (χ0n) is 15.5. The number of ether oxygens (including phenoxy) is 1. The molecular weight excluding hydrogens is 479 g/mol. The highest BCUT2D eigenvalue weighted by atomic mass is 127. The molecule has 146 valence electrons. The average Bonchev–Trinajstić information content (AvgIpc) is 2.60. The molecule has 0 heterocycles. The molecule has 2 aromatic rings. The smallest absolute Gasteiger partial charge is 0.241 e. The Hall–Kier alpha value is -1.81. The van der Waals surface area contributed by atoms with E-state index in [9.17, 15) is 13.2 Å². The summed E-state index contributed by atoms with van der Waals surface area (Å²) in [7, 11) is -3.58. The molecule has 0 fully saturated rings. The zero-order chi connectivity index (χ0) is 20.0. The summed E-state index contributed by atoms with van der Waals surface area (Å²) < 4.78 is 31.8. The van der Waals surface area contributed by atoms with Crippen molar-refractivity contribution in [2.24, 2.45) is 0 Å². The van der Waals surface area contributed by atoms with Crippen LogP contribution in [-0.2, 0) is 14.8 Å². The van der Waals surface area contributed by atoms with E-state index < -0.39 is 10.0 Å². The maximum Gasteiger partial charge on any atom is 0.241 e. The van der Waals surface area contributed by atoms with E-state index in [0.29, 0.717) is 12.3 Å².